The number of benzene rings is 2. The molecule has 0 fully saturated rings. The molecule has 5 aromatic rings. The van der Waals surface area contributed by atoms with Crippen molar-refractivity contribution in [3.63, 3.8) is 0 Å². The Labute approximate surface area is 193 Å². The first-order chi connectivity index (χ1) is 16.6. The minimum atomic E-state index is -0.490. The average Bonchev–Trinajstić information content (AvgIpc) is 3.26. The van der Waals surface area contributed by atoms with Gasteiger partial charge in [-0.1, -0.05) is 30.3 Å². The van der Waals surface area contributed by atoms with Crippen LogP contribution in [0.15, 0.2) is 84.2 Å². The smallest absolute Gasteiger partial charge is 0.276 e. The lowest BCUT2D eigenvalue weighted by molar-refractivity contribution is 0.0976. The Morgan fingerprint density at radius 1 is 0.941 bits per heavy atom. The van der Waals surface area contributed by atoms with Crippen molar-refractivity contribution in [3.05, 3.63) is 90.5 Å². The van der Waals surface area contributed by atoms with Crippen LogP contribution in [0.4, 0.5) is 11.6 Å². The Morgan fingerprint density at radius 3 is 2.62 bits per heavy atom. The molecule has 10 nitrogen and oxygen atoms in total. The molecule has 0 atom stereocenters. The van der Waals surface area contributed by atoms with Gasteiger partial charge in [0, 0.05) is 17.8 Å². The highest BCUT2D eigenvalue weighted by Crippen LogP contribution is 2.20. The van der Waals surface area contributed by atoms with Gasteiger partial charge in [-0.2, -0.15) is 0 Å². The number of hydrogen-bond acceptors (Lipinski definition) is 6. The molecule has 0 saturated carbocycles. The first kappa shape index (κ1) is 20.8. The number of guanidine groups is 1. The molecule has 0 aliphatic carbocycles. The zero-order valence-corrected chi connectivity index (χ0v) is 17.7. The van der Waals surface area contributed by atoms with Crippen LogP contribution in [0.5, 0.6) is 0 Å². The van der Waals surface area contributed by atoms with E-state index in [-0.39, 0.29) is 23.2 Å². The molecule has 0 aliphatic heterocycles. The highest BCUT2D eigenvalue weighted by molar-refractivity contribution is 6.12. The fourth-order valence-electron chi connectivity index (χ4n) is 3.42. The summed E-state index contributed by atoms with van der Waals surface area (Å²) < 4.78 is 0. The molecular weight excluding hydrogens is 432 g/mol. The third-order valence-electron chi connectivity index (χ3n) is 4.99. The number of aromatic amines is 1. The van der Waals surface area contributed by atoms with Crippen LogP contribution in [0.1, 0.15) is 20.8 Å². The number of nitrogens with two attached hydrogens (primary N) is 1. The van der Waals surface area contributed by atoms with E-state index in [0.29, 0.717) is 16.7 Å². The predicted molar refractivity (Wildman–Crippen MR) is 129 cm³/mol. The molecule has 0 radical (unpaired) electrons. The van der Waals surface area contributed by atoms with Crippen molar-refractivity contribution >= 4 is 51.2 Å². The quantitative estimate of drug-likeness (QED) is 0.244. The van der Waals surface area contributed by atoms with Crippen LogP contribution in [-0.4, -0.2) is 37.7 Å². The molecule has 0 bridgehead atoms. The number of nitrogens with zero attached hydrogens (tertiary/aromatic N) is 4. The Morgan fingerprint density at radius 2 is 1.79 bits per heavy atom. The van der Waals surface area contributed by atoms with Crippen molar-refractivity contribution in [2.75, 3.05) is 5.32 Å². The number of amides is 2. The second-order valence-electron chi connectivity index (χ2n) is 7.32. The van der Waals surface area contributed by atoms with Crippen molar-refractivity contribution in [3.8, 4) is 0 Å². The molecule has 0 spiro atoms. The van der Waals surface area contributed by atoms with E-state index in [9.17, 15) is 9.59 Å². The molecule has 3 aromatic heterocycles. The molecule has 2 aromatic carbocycles. The summed E-state index contributed by atoms with van der Waals surface area (Å²) in [6.45, 7) is 0. The first-order valence-electron chi connectivity index (χ1n) is 10.3. The topological polar surface area (TPSA) is 151 Å². The average molecular weight is 450 g/mol. The number of nitrogens with one attached hydrogen (secondary N) is 3. The molecule has 0 unspecified atom stereocenters. The van der Waals surface area contributed by atoms with E-state index in [0.717, 1.165) is 10.8 Å². The number of imidazole rings is 1. The van der Waals surface area contributed by atoms with Gasteiger partial charge in [-0.15, -0.1) is 0 Å². The van der Waals surface area contributed by atoms with Crippen molar-refractivity contribution in [2.45, 2.75) is 0 Å². The molecule has 5 N–H and O–H groups in total. The summed E-state index contributed by atoms with van der Waals surface area (Å²) in [4.78, 5) is 45.2. The van der Waals surface area contributed by atoms with Crippen LogP contribution in [0.2, 0.25) is 0 Å². The van der Waals surface area contributed by atoms with Crippen LogP contribution >= 0.6 is 0 Å². The summed E-state index contributed by atoms with van der Waals surface area (Å²) in [5, 5.41) is 7.07. The Hall–Kier alpha value is -5.12. The summed E-state index contributed by atoms with van der Waals surface area (Å²) in [7, 11) is 0. The minimum Gasteiger partial charge on any atom is -0.369 e. The molecule has 10 heteroatoms. The van der Waals surface area contributed by atoms with Gasteiger partial charge in [0.25, 0.3) is 11.8 Å². The SMILES string of the molecule is NC(=Nc1cccnc1)NC(=O)c1cccc2[nH]c(NC(=O)c3cc4ccccc4cn3)nc12. The van der Waals surface area contributed by atoms with Crippen LogP contribution in [0, 0.1) is 0 Å². The maximum atomic E-state index is 12.8. The summed E-state index contributed by atoms with van der Waals surface area (Å²) in [5.41, 5.74) is 7.82. The second kappa shape index (κ2) is 8.79. The van der Waals surface area contributed by atoms with E-state index < -0.39 is 11.8 Å². The second-order valence-corrected chi connectivity index (χ2v) is 7.32. The summed E-state index contributed by atoms with van der Waals surface area (Å²) >= 11 is 0. The van der Waals surface area contributed by atoms with E-state index in [2.05, 4.69) is 35.6 Å². The number of aromatic nitrogens is 4. The van der Waals surface area contributed by atoms with Gasteiger partial charge < -0.3 is 10.7 Å². The maximum absolute atomic E-state index is 12.8. The molecule has 0 aliphatic rings. The molecule has 34 heavy (non-hydrogen) atoms. The van der Waals surface area contributed by atoms with Gasteiger partial charge >= 0.3 is 0 Å². The van der Waals surface area contributed by atoms with E-state index in [1.807, 2.05) is 24.3 Å². The third kappa shape index (κ3) is 4.28. The van der Waals surface area contributed by atoms with Crippen LogP contribution in [-0.2, 0) is 0 Å². The van der Waals surface area contributed by atoms with Gasteiger partial charge in [-0.25, -0.2) is 9.98 Å². The van der Waals surface area contributed by atoms with Gasteiger partial charge in [0.05, 0.1) is 23.0 Å². The highest BCUT2D eigenvalue weighted by Gasteiger charge is 2.16. The Bertz CT molecular complexity index is 1560. The van der Waals surface area contributed by atoms with Crippen molar-refractivity contribution < 1.29 is 9.59 Å². The first-order valence-corrected chi connectivity index (χ1v) is 10.3. The molecule has 166 valence electrons. The largest absolute Gasteiger partial charge is 0.369 e. The Balaban J connectivity index is 1.37. The lowest BCUT2D eigenvalue weighted by atomic mass is 10.1. The van der Waals surface area contributed by atoms with E-state index in [4.69, 9.17) is 5.73 Å². The maximum Gasteiger partial charge on any atom is 0.276 e. The number of hydrogen-bond donors (Lipinski definition) is 4. The zero-order chi connectivity index (χ0) is 23.5. The van der Waals surface area contributed by atoms with Crippen molar-refractivity contribution in [2.24, 2.45) is 10.7 Å². The van der Waals surface area contributed by atoms with Crippen molar-refractivity contribution in [1.82, 2.24) is 25.3 Å². The number of carbonyl (C=O) groups excluding carboxylic acids is 2. The normalized spacial score (nSPS) is 11.5. The van der Waals surface area contributed by atoms with E-state index >= 15 is 0 Å². The lowest BCUT2D eigenvalue weighted by Crippen LogP contribution is -2.36. The Kier molecular flexibility index (Phi) is 5.37. The van der Waals surface area contributed by atoms with E-state index in [1.54, 1.807) is 48.8 Å². The predicted octanol–water partition coefficient (Wildman–Crippen LogP) is 3.13. The highest BCUT2D eigenvalue weighted by atomic mass is 16.2. The number of rotatable bonds is 4. The molecule has 2 amide bonds. The van der Waals surface area contributed by atoms with Gasteiger partial charge in [0.15, 0.2) is 0 Å². The molecule has 5 rings (SSSR count). The minimum absolute atomic E-state index is 0.0820. The fourth-order valence-corrected chi connectivity index (χ4v) is 3.42. The summed E-state index contributed by atoms with van der Waals surface area (Å²) in [5.74, 6) is -0.811. The van der Waals surface area contributed by atoms with Gasteiger partial charge in [-0.05, 0) is 35.7 Å². The third-order valence-corrected chi connectivity index (χ3v) is 4.99. The number of H-pyrrole nitrogens is 1. The standard InChI is InChI=1S/C24H18N8O2/c25-23(28-16-7-4-10-26-13-16)31-21(33)17-8-3-9-18-20(17)30-24(29-18)32-22(34)19-11-14-5-1-2-6-15(14)12-27-19/h1-13H,(H3,25,28,31,33)(H2,29,30,32,34). The zero-order valence-electron chi connectivity index (χ0n) is 17.7. The number of carbonyl (C=O) groups is 2. The van der Waals surface area contributed by atoms with Gasteiger partial charge in [-0.3, -0.25) is 30.2 Å². The number of anilines is 1. The monoisotopic (exact) mass is 450 g/mol. The number of para-hydroxylation sites is 1. The van der Waals surface area contributed by atoms with Crippen LogP contribution in [0.3, 0.4) is 0 Å². The number of aliphatic imine (C=N–C) groups is 1. The van der Waals surface area contributed by atoms with Gasteiger partial charge in [0.1, 0.15) is 11.2 Å². The summed E-state index contributed by atoms with van der Waals surface area (Å²) in [6.07, 6.45) is 4.77. The van der Waals surface area contributed by atoms with Gasteiger partial charge in [0.2, 0.25) is 11.9 Å². The molecule has 3 heterocycles. The lowest BCUT2D eigenvalue weighted by Gasteiger charge is -2.05. The van der Waals surface area contributed by atoms with E-state index in [1.165, 1.54) is 6.20 Å². The number of pyridine rings is 2. The molecular formula is C24H18N8O2. The van der Waals surface area contributed by atoms with Crippen LogP contribution < -0.4 is 16.4 Å². The van der Waals surface area contributed by atoms with Crippen LogP contribution in [0.25, 0.3) is 21.8 Å². The van der Waals surface area contributed by atoms with Crippen molar-refractivity contribution in [1.29, 1.82) is 0 Å². The fraction of sp³-hybridized carbons (Fsp3) is 0. The molecule has 0 saturated heterocycles. The number of fused-ring (bicyclic) bond motifs is 2. The summed E-state index contributed by atoms with van der Waals surface area (Å²) in [6, 6.07) is 17.8.